The Balaban J connectivity index is 1.90. The number of pyridine rings is 1. The molecule has 0 bridgehead atoms. The van der Waals surface area contributed by atoms with Crippen LogP contribution in [0.25, 0.3) is 16.7 Å². The Labute approximate surface area is 135 Å². The maximum Gasteiger partial charge on any atom is 0.137 e. The molecule has 3 heterocycles. The Morgan fingerprint density at radius 3 is 2.78 bits per heavy atom. The first-order valence-electron chi connectivity index (χ1n) is 8.01. The first-order valence-corrected chi connectivity index (χ1v) is 8.01. The first-order chi connectivity index (χ1) is 11.1. The van der Waals surface area contributed by atoms with Gasteiger partial charge < -0.3 is 8.97 Å². The van der Waals surface area contributed by atoms with E-state index < -0.39 is 0 Å². The molecule has 0 aliphatic heterocycles. The minimum Gasteiger partial charge on any atom is -0.324 e. The van der Waals surface area contributed by atoms with Crippen molar-refractivity contribution in [3.63, 3.8) is 0 Å². The van der Waals surface area contributed by atoms with Gasteiger partial charge in [-0.15, -0.1) is 0 Å². The van der Waals surface area contributed by atoms with E-state index in [1.54, 1.807) is 0 Å². The molecule has 1 aromatic carbocycles. The van der Waals surface area contributed by atoms with Crippen LogP contribution >= 0.6 is 0 Å². The van der Waals surface area contributed by atoms with Crippen LogP contribution < -0.4 is 0 Å². The van der Waals surface area contributed by atoms with E-state index in [1.807, 2.05) is 12.4 Å². The number of hydrogen-bond donors (Lipinski definition) is 0. The van der Waals surface area contributed by atoms with Crippen molar-refractivity contribution in [2.45, 2.75) is 33.2 Å². The molecule has 4 aromatic rings. The summed E-state index contributed by atoms with van der Waals surface area (Å²) in [4.78, 5) is 9.37. The molecule has 0 fully saturated rings. The lowest BCUT2D eigenvalue weighted by molar-refractivity contribution is 0.741. The third-order valence-electron chi connectivity index (χ3n) is 4.37. The molecule has 0 amide bonds. The van der Waals surface area contributed by atoms with Gasteiger partial charge in [0.1, 0.15) is 5.65 Å². The fourth-order valence-corrected chi connectivity index (χ4v) is 3.28. The largest absolute Gasteiger partial charge is 0.324 e. The molecule has 4 heteroatoms. The second kappa shape index (κ2) is 5.23. The number of imidazole rings is 2. The van der Waals surface area contributed by atoms with Crippen LogP contribution in [0.1, 0.15) is 36.7 Å². The molecule has 0 saturated carbocycles. The van der Waals surface area contributed by atoms with E-state index >= 15 is 0 Å². The highest BCUT2D eigenvalue weighted by atomic mass is 15.1. The van der Waals surface area contributed by atoms with Gasteiger partial charge in [0.2, 0.25) is 0 Å². The average molecular weight is 304 g/mol. The van der Waals surface area contributed by atoms with E-state index in [0.717, 1.165) is 23.4 Å². The van der Waals surface area contributed by atoms with Gasteiger partial charge in [-0.3, -0.25) is 0 Å². The summed E-state index contributed by atoms with van der Waals surface area (Å²) in [6.45, 7) is 7.31. The average Bonchev–Trinajstić information content (AvgIpc) is 3.11. The van der Waals surface area contributed by atoms with Gasteiger partial charge in [0.25, 0.3) is 0 Å². The van der Waals surface area contributed by atoms with E-state index in [0.29, 0.717) is 5.92 Å². The van der Waals surface area contributed by atoms with Crippen molar-refractivity contribution in [2.75, 3.05) is 0 Å². The minimum atomic E-state index is 0.390. The van der Waals surface area contributed by atoms with E-state index in [2.05, 4.69) is 71.3 Å². The van der Waals surface area contributed by atoms with Gasteiger partial charge in [-0.1, -0.05) is 32.0 Å². The van der Waals surface area contributed by atoms with Crippen LogP contribution in [0, 0.1) is 6.92 Å². The summed E-state index contributed by atoms with van der Waals surface area (Å²) in [7, 11) is 0. The van der Waals surface area contributed by atoms with Crippen molar-refractivity contribution >= 4 is 16.7 Å². The summed E-state index contributed by atoms with van der Waals surface area (Å²) in [5.74, 6) is 0.390. The monoisotopic (exact) mass is 304 g/mol. The number of nitrogens with zero attached hydrogens (tertiary/aromatic N) is 4. The Morgan fingerprint density at radius 2 is 1.96 bits per heavy atom. The van der Waals surface area contributed by atoms with Crippen molar-refractivity contribution in [3.05, 3.63) is 65.9 Å². The predicted molar refractivity (Wildman–Crippen MR) is 92.9 cm³/mol. The normalized spacial score (nSPS) is 11.8. The van der Waals surface area contributed by atoms with Crippen LogP contribution in [0.15, 0.2) is 48.9 Å². The number of rotatable bonds is 3. The minimum absolute atomic E-state index is 0.390. The van der Waals surface area contributed by atoms with Gasteiger partial charge in [-0.25, -0.2) is 9.97 Å². The van der Waals surface area contributed by atoms with Gasteiger partial charge in [0.15, 0.2) is 0 Å². The van der Waals surface area contributed by atoms with E-state index in [9.17, 15) is 0 Å². The maximum absolute atomic E-state index is 4.82. The Kier molecular flexibility index (Phi) is 3.18. The molecule has 0 radical (unpaired) electrons. The Morgan fingerprint density at radius 1 is 1.09 bits per heavy atom. The predicted octanol–water partition coefficient (Wildman–Crippen LogP) is 4.16. The summed E-state index contributed by atoms with van der Waals surface area (Å²) < 4.78 is 4.42. The van der Waals surface area contributed by atoms with Crippen molar-refractivity contribution in [3.8, 4) is 0 Å². The van der Waals surface area contributed by atoms with Crippen molar-refractivity contribution < 1.29 is 0 Å². The van der Waals surface area contributed by atoms with E-state index in [4.69, 9.17) is 4.98 Å². The summed E-state index contributed by atoms with van der Waals surface area (Å²) in [5, 5.41) is 0. The molecular formula is C19H20N4. The molecule has 0 spiro atoms. The smallest absolute Gasteiger partial charge is 0.137 e. The number of benzene rings is 1. The zero-order valence-corrected chi connectivity index (χ0v) is 13.7. The lowest BCUT2D eigenvalue weighted by Gasteiger charge is -2.10. The van der Waals surface area contributed by atoms with Crippen LogP contribution in [-0.4, -0.2) is 18.9 Å². The third kappa shape index (κ3) is 2.22. The summed E-state index contributed by atoms with van der Waals surface area (Å²) in [5.41, 5.74) is 6.90. The zero-order valence-electron chi connectivity index (χ0n) is 13.7. The lowest BCUT2D eigenvalue weighted by Crippen LogP contribution is -2.06. The van der Waals surface area contributed by atoms with E-state index in [-0.39, 0.29) is 0 Å². The molecule has 0 N–H and O–H groups in total. The highest BCUT2D eigenvalue weighted by molar-refractivity contribution is 5.78. The molecule has 0 aliphatic carbocycles. The van der Waals surface area contributed by atoms with Crippen LogP contribution in [0.3, 0.4) is 0 Å². The number of aryl methyl sites for hydroxylation is 1. The molecule has 0 saturated heterocycles. The van der Waals surface area contributed by atoms with Gasteiger partial charge >= 0.3 is 0 Å². The lowest BCUT2D eigenvalue weighted by atomic mass is 10.1. The number of aromatic nitrogens is 4. The molecule has 116 valence electrons. The number of hydrogen-bond acceptors (Lipinski definition) is 2. The van der Waals surface area contributed by atoms with Gasteiger partial charge in [0.05, 0.1) is 35.3 Å². The second-order valence-electron chi connectivity index (χ2n) is 6.34. The van der Waals surface area contributed by atoms with Crippen molar-refractivity contribution in [1.82, 2.24) is 18.9 Å². The van der Waals surface area contributed by atoms with Gasteiger partial charge in [0, 0.05) is 6.20 Å². The van der Waals surface area contributed by atoms with Crippen LogP contribution in [0.4, 0.5) is 0 Å². The fourth-order valence-electron chi connectivity index (χ4n) is 3.28. The molecule has 4 nitrogen and oxygen atoms in total. The van der Waals surface area contributed by atoms with Crippen LogP contribution in [0.2, 0.25) is 0 Å². The zero-order chi connectivity index (χ0) is 16.0. The Bertz CT molecular complexity index is 991. The molecular weight excluding hydrogens is 284 g/mol. The molecule has 0 unspecified atom stereocenters. The van der Waals surface area contributed by atoms with Crippen molar-refractivity contribution in [2.24, 2.45) is 0 Å². The number of para-hydroxylation sites is 1. The first kappa shape index (κ1) is 14.0. The SMILES string of the molecule is Cc1cccc2ncn(Cc3c(C(C)C)nc4ccccn34)c12. The topological polar surface area (TPSA) is 35.1 Å². The van der Waals surface area contributed by atoms with Crippen LogP contribution in [-0.2, 0) is 6.54 Å². The van der Waals surface area contributed by atoms with E-state index in [1.165, 1.54) is 16.8 Å². The van der Waals surface area contributed by atoms with Gasteiger partial charge in [-0.2, -0.15) is 0 Å². The molecule has 23 heavy (non-hydrogen) atoms. The van der Waals surface area contributed by atoms with Crippen molar-refractivity contribution in [1.29, 1.82) is 0 Å². The summed E-state index contributed by atoms with van der Waals surface area (Å²) in [6.07, 6.45) is 4.03. The number of fused-ring (bicyclic) bond motifs is 2. The third-order valence-corrected chi connectivity index (χ3v) is 4.37. The fraction of sp³-hybridized carbons (Fsp3) is 0.263. The summed E-state index contributed by atoms with van der Waals surface area (Å²) in [6, 6.07) is 12.4. The quantitative estimate of drug-likeness (QED) is 0.569. The molecule has 0 atom stereocenters. The highest BCUT2D eigenvalue weighted by Gasteiger charge is 2.16. The molecule has 3 aromatic heterocycles. The van der Waals surface area contributed by atoms with Gasteiger partial charge in [-0.05, 0) is 36.6 Å². The molecule has 4 rings (SSSR count). The summed E-state index contributed by atoms with van der Waals surface area (Å²) >= 11 is 0. The Hall–Kier alpha value is -2.62. The van der Waals surface area contributed by atoms with Crippen LogP contribution in [0.5, 0.6) is 0 Å². The standard InChI is InChI=1S/C19H20N4/c1-13(2)18-16(23-10-5-4-9-17(23)21-18)11-22-12-20-15-8-6-7-14(3)19(15)22/h4-10,12-13H,11H2,1-3H3. The second-order valence-corrected chi connectivity index (χ2v) is 6.34. The highest BCUT2D eigenvalue weighted by Crippen LogP contribution is 2.24. The maximum atomic E-state index is 4.82. The molecule has 0 aliphatic rings.